The number of aromatic hydroxyl groups is 2. The van der Waals surface area contributed by atoms with Gasteiger partial charge in [0, 0.05) is 16.5 Å². The normalized spacial score (nSPS) is 12.3. The monoisotopic (exact) mass is 566 g/mol. The smallest absolute Gasteiger partial charge is 0.275 e. The minimum atomic E-state index is -0.569. The molecule has 9 nitrogen and oxygen atoms in total. The molecule has 2 heterocycles. The molecule has 0 saturated carbocycles. The van der Waals surface area contributed by atoms with E-state index in [0.29, 0.717) is 16.9 Å². The Balaban J connectivity index is 1.35. The molecule has 0 atom stereocenters. The van der Waals surface area contributed by atoms with Gasteiger partial charge in [0.2, 0.25) is 5.75 Å². The first-order chi connectivity index (χ1) is 20.9. The second-order valence-corrected chi connectivity index (χ2v) is 10.3. The zero-order chi connectivity index (χ0) is 29.7. The van der Waals surface area contributed by atoms with Crippen LogP contribution >= 0.6 is 0 Å². The molecular formula is C34H24N5O4+. The third kappa shape index (κ3) is 4.34. The molecule has 7 rings (SSSR count). The summed E-state index contributed by atoms with van der Waals surface area (Å²) in [5.74, 6) is -2.07. The second kappa shape index (κ2) is 10.1. The molecule has 9 heteroatoms. The van der Waals surface area contributed by atoms with Crippen molar-refractivity contribution in [2.24, 2.45) is 0 Å². The number of pyridine rings is 1. The van der Waals surface area contributed by atoms with E-state index in [4.69, 9.17) is 0 Å². The summed E-state index contributed by atoms with van der Waals surface area (Å²) in [5.41, 5.74) is 3.24. The highest BCUT2D eigenvalue weighted by Crippen LogP contribution is 2.50. The van der Waals surface area contributed by atoms with E-state index in [0.717, 1.165) is 16.4 Å². The summed E-state index contributed by atoms with van der Waals surface area (Å²) in [6.07, 6.45) is 1.60. The van der Waals surface area contributed by atoms with Crippen LogP contribution in [-0.4, -0.2) is 48.0 Å². The van der Waals surface area contributed by atoms with Crippen LogP contribution < -0.4 is 5.32 Å². The molecule has 2 aromatic heterocycles. The SMILES string of the molecule is C=[N+](Cc1cnc2ccccc2n1)c1c(O)c2c(c(O)c1NCc1ccc3ccccc3n1)C(=O)c1ccccc1C2=O. The summed E-state index contributed by atoms with van der Waals surface area (Å²) in [6.45, 7) is 4.34. The number of hydrogen-bond donors (Lipinski definition) is 3. The van der Waals surface area contributed by atoms with Gasteiger partial charge in [0.25, 0.3) is 5.69 Å². The molecule has 208 valence electrons. The van der Waals surface area contributed by atoms with E-state index in [1.54, 1.807) is 18.3 Å². The molecule has 0 aliphatic heterocycles. The van der Waals surface area contributed by atoms with Crippen LogP contribution in [0.3, 0.4) is 0 Å². The first kappa shape index (κ1) is 26.0. The molecule has 1 aliphatic carbocycles. The van der Waals surface area contributed by atoms with Gasteiger partial charge in [-0.05, 0) is 24.3 Å². The van der Waals surface area contributed by atoms with Crippen LogP contribution in [0, 0.1) is 0 Å². The van der Waals surface area contributed by atoms with E-state index in [1.165, 1.54) is 16.7 Å². The van der Waals surface area contributed by atoms with Crippen LogP contribution in [0.2, 0.25) is 0 Å². The van der Waals surface area contributed by atoms with Crippen LogP contribution in [0.5, 0.6) is 11.5 Å². The Labute approximate surface area is 245 Å². The molecule has 4 aromatic carbocycles. The summed E-state index contributed by atoms with van der Waals surface area (Å²) in [7, 11) is 0. The number of rotatable bonds is 6. The molecule has 0 radical (unpaired) electrons. The van der Waals surface area contributed by atoms with Crippen molar-refractivity contribution in [3.8, 4) is 11.5 Å². The van der Waals surface area contributed by atoms with Gasteiger partial charge in [-0.2, -0.15) is 4.58 Å². The Kier molecular flexibility index (Phi) is 6.13. The molecule has 0 spiro atoms. The van der Waals surface area contributed by atoms with Gasteiger partial charge in [-0.3, -0.25) is 19.6 Å². The minimum absolute atomic E-state index is 0.0347. The number of ketones is 2. The summed E-state index contributed by atoms with van der Waals surface area (Å²) in [5, 5.41) is 27.4. The third-order valence-corrected chi connectivity index (χ3v) is 7.56. The van der Waals surface area contributed by atoms with Crippen LogP contribution in [0.1, 0.15) is 43.2 Å². The van der Waals surface area contributed by atoms with E-state index < -0.39 is 23.1 Å². The predicted octanol–water partition coefficient (Wildman–Crippen LogP) is 5.52. The van der Waals surface area contributed by atoms with Crippen molar-refractivity contribution in [1.29, 1.82) is 0 Å². The molecule has 0 amide bonds. The van der Waals surface area contributed by atoms with Crippen molar-refractivity contribution >= 4 is 51.6 Å². The Bertz CT molecular complexity index is 2160. The highest BCUT2D eigenvalue weighted by molar-refractivity contribution is 6.31. The lowest BCUT2D eigenvalue weighted by atomic mass is 9.82. The van der Waals surface area contributed by atoms with Crippen molar-refractivity contribution in [3.05, 3.63) is 125 Å². The van der Waals surface area contributed by atoms with Gasteiger partial charge in [-0.15, -0.1) is 0 Å². The second-order valence-electron chi connectivity index (χ2n) is 10.3. The summed E-state index contributed by atoms with van der Waals surface area (Å²) >= 11 is 0. The maximum atomic E-state index is 13.6. The number of fused-ring (bicyclic) bond motifs is 4. The average Bonchev–Trinajstić information content (AvgIpc) is 3.03. The number of carbonyl (C=O) groups excluding carboxylic acids is 2. The van der Waals surface area contributed by atoms with Gasteiger partial charge in [-0.1, -0.05) is 60.7 Å². The number of aromatic nitrogens is 3. The van der Waals surface area contributed by atoms with Crippen LogP contribution in [0.15, 0.2) is 91.1 Å². The highest BCUT2D eigenvalue weighted by Gasteiger charge is 2.40. The van der Waals surface area contributed by atoms with Crippen molar-refractivity contribution in [1.82, 2.24) is 15.0 Å². The lowest BCUT2D eigenvalue weighted by Crippen LogP contribution is -2.23. The largest absolute Gasteiger partial charge is 0.505 e. The number of nitrogens with one attached hydrogen (secondary N) is 1. The Morgan fingerprint density at radius 2 is 1.30 bits per heavy atom. The van der Waals surface area contributed by atoms with Gasteiger partial charge >= 0.3 is 0 Å². The molecular weight excluding hydrogens is 542 g/mol. The van der Waals surface area contributed by atoms with Gasteiger partial charge < -0.3 is 15.5 Å². The summed E-state index contributed by atoms with van der Waals surface area (Å²) in [6, 6.07) is 25.2. The lowest BCUT2D eigenvalue weighted by molar-refractivity contribution is -0.449. The topological polar surface area (TPSA) is 128 Å². The molecule has 3 N–H and O–H groups in total. The number of benzene rings is 4. The predicted molar refractivity (Wildman–Crippen MR) is 162 cm³/mol. The van der Waals surface area contributed by atoms with Crippen molar-refractivity contribution < 1.29 is 24.4 Å². The molecule has 0 saturated heterocycles. The average molecular weight is 567 g/mol. The standard InChI is InChI=1S/C34H23N5O4/c1-39(18-21-17-35-25-12-6-7-13-26(25)38-21)30-29(36-16-20-15-14-19-8-2-5-11-24(19)37-20)33(42)27-28(34(30)43)32(41)23-10-4-3-9-22(23)31(27)40/h2-15,17H,1,16,18H2,(H2-,35,36,38,40,41,42,43)/p+1. The quantitative estimate of drug-likeness (QED) is 0.104. The number of anilines is 1. The van der Waals surface area contributed by atoms with Crippen LogP contribution in [-0.2, 0) is 13.1 Å². The zero-order valence-electron chi connectivity index (χ0n) is 22.8. The van der Waals surface area contributed by atoms with E-state index in [2.05, 4.69) is 27.0 Å². The van der Waals surface area contributed by atoms with Gasteiger partial charge in [0.05, 0.1) is 46.1 Å². The number of phenolic OH excluding ortho intramolecular Hbond substituents is 2. The molecule has 43 heavy (non-hydrogen) atoms. The minimum Gasteiger partial charge on any atom is -0.505 e. The Morgan fingerprint density at radius 1 is 0.698 bits per heavy atom. The van der Waals surface area contributed by atoms with Gasteiger partial charge in [-0.25, -0.2) is 4.98 Å². The van der Waals surface area contributed by atoms with Gasteiger partial charge in [0.1, 0.15) is 12.4 Å². The van der Waals surface area contributed by atoms with Crippen LogP contribution in [0.4, 0.5) is 11.4 Å². The summed E-state index contributed by atoms with van der Waals surface area (Å²) < 4.78 is 1.42. The fourth-order valence-electron chi connectivity index (χ4n) is 5.51. The maximum absolute atomic E-state index is 13.6. The summed E-state index contributed by atoms with van der Waals surface area (Å²) in [4.78, 5) is 41.0. The number of nitrogens with zero attached hydrogens (tertiary/aromatic N) is 4. The Morgan fingerprint density at radius 3 is 2.05 bits per heavy atom. The molecule has 1 aliphatic rings. The van der Waals surface area contributed by atoms with E-state index in [-0.39, 0.29) is 46.7 Å². The number of carbonyl (C=O) groups is 2. The van der Waals surface area contributed by atoms with Crippen molar-refractivity contribution in [2.75, 3.05) is 5.32 Å². The number of phenols is 2. The fraction of sp³-hybridized carbons (Fsp3) is 0.0588. The Hall–Kier alpha value is -5.96. The van der Waals surface area contributed by atoms with Crippen LogP contribution in [0.25, 0.3) is 21.9 Å². The first-order valence-corrected chi connectivity index (χ1v) is 13.6. The van der Waals surface area contributed by atoms with E-state index in [9.17, 15) is 19.8 Å². The van der Waals surface area contributed by atoms with Gasteiger partial charge in [0.15, 0.2) is 29.5 Å². The molecule has 0 fully saturated rings. The third-order valence-electron chi connectivity index (χ3n) is 7.56. The molecule has 6 aromatic rings. The number of para-hydroxylation sites is 3. The van der Waals surface area contributed by atoms with Crippen molar-refractivity contribution in [3.63, 3.8) is 0 Å². The fourth-order valence-corrected chi connectivity index (χ4v) is 5.51. The first-order valence-electron chi connectivity index (χ1n) is 13.6. The van der Waals surface area contributed by atoms with E-state index >= 15 is 0 Å². The van der Waals surface area contributed by atoms with E-state index in [1.807, 2.05) is 60.7 Å². The van der Waals surface area contributed by atoms with Crippen molar-refractivity contribution in [2.45, 2.75) is 13.1 Å². The zero-order valence-corrected chi connectivity index (χ0v) is 22.8. The highest BCUT2D eigenvalue weighted by atomic mass is 16.3. The molecule has 0 bridgehead atoms. The maximum Gasteiger partial charge on any atom is 0.275 e. The number of hydrogen-bond acceptors (Lipinski definition) is 8. The molecule has 0 unspecified atom stereocenters. The lowest BCUT2D eigenvalue weighted by Gasteiger charge is -2.22.